The van der Waals surface area contributed by atoms with Crippen LogP contribution in [0.15, 0.2) is 18.2 Å². The van der Waals surface area contributed by atoms with Gasteiger partial charge in [0.25, 0.3) is 0 Å². The number of benzene rings is 1. The molecule has 0 bridgehead atoms. The largest absolute Gasteiger partial charge is 0.493 e. The standard InChI is InChI=1S/C18H27NO2.ClH/c1-14(2)13-21-18-8-7-16(15(3)20)11-17(18)12-19-9-5-4-6-10-19;/h7-8,11,14H,4-6,9-10,12-13H2,1-3H3;1H. The summed E-state index contributed by atoms with van der Waals surface area (Å²) in [5.74, 6) is 1.55. The Bertz CT molecular complexity index is 482. The monoisotopic (exact) mass is 325 g/mol. The van der Waals surface area contributed by atoms with Crippen molar-refractivity contribution in [2.24, 2.45) is 5.92 Å². The van der Waals surface area contributed by atoms with Crippen LogP contribution in [0.2, 0.25) is 0 Å². The third-order valence-corrected chi connectivity index (χ3v) is 3.88. The zero-order chi connectivity index (χ0) is 15.2. The van der Waals surface area contributed by atoms with Crippen LogP contribution >= 0.6 is 12.4 Å². The zero-order valence-electron chi connectivity index (χ0n) is 13.9. The molecule has 1 aliphatic heterocycles. The van der Waals surface area contributed by atoms with E-state index in [0.29, 0.717) is 12.5 Å². The molecule has 0 amide bonds. The van der Waals surface area contributed by atoms with E-state index in [1.807, 2.05) is 18.2 Å². The van der Waals surface area contributed by atoms with Gasteiger partial charge in [0.1, 0.15) is 5.75 Å². The first-order valence-electron chi connectivity index (χ1n) is 8.05. The lowest BCUT2D eigenvalue weighted by molar-refractivity contribution is 0.101. The van der Waals surface area contributed by atoms with Crippen molar-refractivity contribution in [3.8, 4) is 5.75 Å². The summed E-state index contributed by atoms with van der Waals surface area (Å²) in [6, 6.07) is 5.84. The molecule has 0 aromatic heterocycles. The van der Waals surface area contributed by atoms with Crippen molar-refractivity contribution in [3.05, 3.63) is 29.3 Å². The SMILES string of the molecule is CC(=O)c1ccc(OCC(C)C)c(CN2CCCCC2)c1.Cl. The molecule has 0 radical (unpaired) electrons. The van der Waals surface area contributed by atoms with Crippen molar-refractivity contribution >= 4 is 18.2 Å². The Morgan fingerprint density at radius 3 is 2.50 bits per heavy atom. The van der Waals surface area contributed by atoms with E-state index in [1.165, 1.54) is 19.3 Å². The molecule has 1 saturated heterocycles. The topological polar surface area (TPSA) is 29.5 Å². The molecular weight excluding hydrogens is 298 g/mol. The first-order valence-corrected chi connectivity index (χ1v) is 8.05. The third-order valence-electron chi connectivity index (χ3n) is 3.88. The summed E-state index contributed by atoms with van der Waals surface area (Å²) >= 11 is 0. The Morgan fingerprint density at radius 2 is 1.91 bits per heavy atom. The Hall–Kier alpha value is -1.06. The summed E-state index contributed by atoms with van der Waals surface area (Å²) < 4.78 is 5.94. The second-order valence-electron chi connectivity index (χ2n) is 6.42. The molecule has 0 spiro atoms. The van der Waals surface area contributed by atoms with Crippen LogP contribution in [0.3, 0.4) is 0 Å². The van der Waals surface area contributed by atoms with Gasteiger partial charge in [0.05, 0.1) is 6.61 Å². The number of ether oxygens (including phenoxy) is 1. The van der Waals surface area contributed by atoms with Crippen LogP contribution in [0.4, 0.5) is 0 Å². The number of carbonyl (C=O) groups is 1. The predicted octanol–water partition coefficient (Wildman–Crippen LogP) is 4.33. The molecule has 3 nitrogen and oxygen atoms in total. The first kappa shape index (κ1) is 19.0. The third kappa shape index (κ3) is 5.62. The Morgan fingerprint density at radius 1 is 1.23 bits per heavy atom. The first-order chi connectivity index (χ1) is 10.1. The number of nitrogens with zero attached hydrogens (tertiary/aromatic N) is 1. The van der Waals surface area contributed by atoms with Gasteiger partial charge in [0, 0.05) is 17.7 Å². The van der Waals surface area contributed by atoms with Crippen LogP contribution in [0.25, 0.3) is 0 Å². The van der Waals surface area contributed by atoms with Crippen molar-refractivity contribution < 1.29 is 9.53 Å². The van der Waals surface area contributed by atoms with E-state index in [0.717, 1.165) is 36.5 Å². The summed E-state index contributed by atoms with van der Waals surface area (Å²) in [7, 11) is 0. The highest BCUT2D eigenvalue weighted by atomic mass is 35.5. The van der Waals surface area contributed by atoms with E-state index in [9.17, 15) is 4.79 Å². The number of hydrogen-bond donors (Lipinski definition) is 0. The zero-order valence-corrected chi connectivity index (χ0v) is 14.7. The van der Waals surface area contributed by atoms with E-state index < -0.39 is 0 Å². The van der Waals surface area contributed by atoms with E-state index in [1.54, 1.807) is 6.92 Å². The highest BCUT2D eigenvalue weighted by molar-refractivity contribution is 5.94. The molecule has 1 heterocycles. The Balaban J connectivity index is 0.00000242. The second kappa shape index (κ2) is 9.16. The lowest BCUT2D eigenvalue weighted by Gasteiger charge is -2.27. The number of hydrogen-bond acceptors (Lipinski definition) is 3. The number of rotatable bonds is 6. The fourth-order valence-corrected chi connectivity index (χ4v) is 2.68. The van der Waals surface area contributed by atoms with Crippen molar-refractivity contribution in [3.63, 3.8) is 0 Å². The molecule has 0 aliphatic carbocycles. The molecule has 1 aromatic rings. The Labute approximate surface area is 140 Å². The highest BCUT2D eigenvalue weighted by Gasteiger charge is 2.15. The normalized spacial score (nSPS) is 15.5. The Kier molecular flexibility index (Phi) is 7.91. The molecule has 1 aromatic carbocycles. The number of likely N-dealkylation sites (tertiary alicyclic amines) is 1. The van der Waals surface area contributed by atoms with E-state index in [-0.39, 0.29) is 18.2 Å². The molecule has 4 heteroatoms. The van der Waals surface area contributed by atoms with Gasteiger partial charge in [-0.1, -0.05) is 20.3 Å². The minimum Gasteiger partial charge on any atom is -0.493 e. The molecule has 0 unspecified atom stereocenters. The number of piperidine rings is 1. The van der Waals surface area contributed by atoms with Crippen LogP contribution in [0.1, 0.15) is 56.0 Å². The molecule has 1 fully saturated rings. The van der Waals surface area contributed by atoms with Crippen LogP contribution in [-0.2, 0) is 6.54 Å². The number of ketones is 1. The van der Waals surface area contributed by atoms with Gasteiger partial charge in [-0.3, -0.25) is 9.69 Å². The van der Waals surface area contributed by atoms with E-state index >= 15 is 0 Å². The maximum Gasteiger partial charge on any atom is 0.159 e. The molecule has 0 N–H and O–H groups in total. The van der Waals surface area contributed by atoms with Gasteiger partial charge in [-0.2, -0.15) is 0 Å². The lowest BCUT2D eigenvalue weighted by atomic mass is 10.0. The summed E-state index contributed by atoms with van der Waals surface area (Å²) in [4.78, 5) is 14.1. The van der Waals surface area contributed by atoms with Crippen molar-refractivity contribution in [2.45, 2.75) is 46.6 Å². The van der Waals surface area contributed by atoms with Gasteiger partial charge >= 0.3 is 0 Å². The van der Waals surface area contributed by atoms with E-state index in [4.69, 9.17) is 4.74 Å². The van der Waals surface area contributed by atoms with Gasteiger partial charge in [-0.25, -0.2) is 0 Å². The molecular formula is C18H28ClNO2. The summed E-state index contributed by atoms with van der Waals surface area (Å²) in [5, 5.41) is 0. The fraction of sp³-hybridized carbons (Fsp3) is 0.611. The molecule has 0 atom stereocenters. The molecule has 0 saturated carbocycles. The smallest absolute Gasteiger partial charge is 0.159 e. The second-order valence-corrected chi connectivity index (χ2v) is 6.42. The number of carbonyl (C=O) groups excluding carboxylic acids is 1. The van der Waals surface area contributed by atoms with Gasteiger partial charge in [0.15, 0.2) is 5.78 Å². The van der Waals surface area contributed by atoms with E-state index in [2.05, 4.69) is 18.7 Å². The summed E-state index contributed by atoms with van der Waals surface area (Å²) in [5.41, 5.74) is 1.92. The quantitative estimate of drug-likeness (QED) is 0.729. The predicted molar refractivity (Wildman–Crippen MR) is 93.2 cm³/mol. The van der Waals surface area contributed by atoms with Gasteiger partial charge < -0.3 is 4.74 Å². The number of Topliss-reactive ketones (excluding diaryl/α,β-unsaturated/α-hetero) is 1. The molecule has 124 valence electrons. The maximum atomic E-state index is 11.6. The minimum absolute atomic E-state index is 0. The van der Waals surface area contributed by atoms with Crippen molar-refractivity contribution in [1.82, 2.24) is 4.90 Å². The van der Waals surface area contributed by atoms with Crippen LogP contribution in [-0.4, -0.2) is 30.4 Å². The summed E-state index contributed by atoms with van der Waals surface area (Å²) in [6.07, 6.45) is 3.88. The van der Waals surface area contributed by atoms with Crippen LogP contribution in [0, 0.1) is 5.92 Å². The van der Waals surface area contributed by atoms with Crippen molar-refractivity contribution in [1.29, 1.82) is 0 Å². The van der Waals surface area contributed by atoms with Gasteiger partial charge in [-0.15, -0.1) is 12.4 Å². The van der Waals surface area contributed by atoms with Gasteiger partial charge in [0.2, 0.25) is 0 Å². The summed E-state index contributed by atoms with van der Waals surface area (Å²) in [6.45, 7) is 9.81. The average Bonchev–Trinajstić information content (AvgIpc) is 2.46. The van der Waals surface area contributed by atoms with Crippen LogP contribution < -0.4 is 4.74 Å². The minimum atomic E-state index is 0. The van der Waals surface area contributed by atoms with Crippen LogP contribution in [0.5, 0.6) is 5.75 Å². The number of halogens is 1. The lowest BCUT2D eigenvalue weighted by Crippen LogP contribution is -2.29. The molecule has 1 aliphatic rings. The van der Waals surface area contributed by atoms with Crippen molar-refractivity contribution in [2.75, 3.05) is 19.7 Å². The molecule has 22 heavy (non-hydrogen) atoms. The maximum absolute atomic E-state index is 11.6. The fourth-order valence-electron chi connectivity index (χ4n) is 2.68. The van der Waals surface area contributed by atoms with Gasteiger partial charge in [-0.05, 0) is 57.0 Å². The average molecular weight is 326 g/mol. The molecule has 2 rings (SSSR count). The highest BCUT2D eigenvalue weighted by Crippen LogP contribution is 2.24.